The molecule has 3 N–H and O–H groups in total. The van der Waals surface area contributed by atoms with Gasteiger partial charge in [-0.1, -0.05) is 12.1 Å². The zero-order valence-corrected chi connectivity index (χ0v) is 15.2. The van der Waals surface area contributed by atoms with E-state index in [1.54, 1.807) is 0 Å². The number of thiazole rings is 1. The Morgan fingerprint density at radius 3 is 3.12 bits per heavy atom. The van der Waals surface area contributed by atoms with Gasteiger partial charge in [0, 0.05) is 10.9 Å². The summed E-state index contributed by atoms with van der Waals surface area (Å²) >= 11 is 1.54. The van der Waals surface area contributed by atoms with Crippen LogP contribution >= 0.6 is 23.7 Å². The Morgan fingerprint density at radius 2 is 2.33 bits per heavy atom. The molecule has 0 radical (unpaired) electrons. The second-order valence-electron chi connectivity index (χ2n) is 5.85. The number of amides is 1. The predicted octanol–water partition coefficient (Wildman–Crippen LogP) is 3.10. The summed E-state index contributed by atoms with van der Waals surface area (Å²) in [6.45, 7) is 2.36. The molecule has 1 atom stereocenters. The summed E-state index contributed by atoms with van der Waals surface area (Å²) in [4.78, 5) is 17.7. The molecule has 2 aromatic rings. The average molecular weight is 368 g/mol. The number of aryl methyl sites for hydroxylation is 2. The Bertz CT molecular complexity index is 705. The van der Waals surface area contributed by atoms with Gasteiger partial charge in [0.2, 0.25) is 5.91 Å². The molecule has 130 valence electrons. The van der Waals surface area contributed by atoms with E-state index in [-0.39, 0.29) is 24.4 Å². The van der Waals surface area contributed by atoms with Crippen LogP contribution in [0.2, 0.25) is 0 Å². The molecular formula is C17H22ClN3O2S. The van der Waals surface area contributed by atoms with Gasteiger partial charge >= 0.3 is 0 Å². The van der Waals surface area contributed by atoms with E-state index >= 15 is 0 Å². The van der Waals surface area contributed by atoms with Crippen molar-refractivity contribution in [2.24, 2.45) is 5.73 Å². The van der Waals surface area contributed by atoms with Crippen molar-refractivity contribution in [1.29, 1.82) is 0 Å². The second kappa shape index (κ2) is 8.46. The fourth-order valence-corrected chi connectivity index (χ4v) is 3.72. The van der Waals surface area contributed by atoms with Crippen molar-refractivity contribution < 1.29 is 9.53 Å². The molecule has 0 aliphatic heterocycles. The van der Waals surface area contributed by atoms with Crippen molar-refractivity contribution in [3.8, 4) is 5.75 Å². The van der Waals surface area contributed by atoms with Gasteiger partial charge in [0.1, 0.15) is 5.75 Å². The van der Waals surface area contributed by atoms with Crippen LogP contribution in [0, 0.1) is 6.92 Å². The lowest BCUT2D eigenvalue weighted by Gasteiger charge is -2.15. The largest absolute Gasteiger partial charge is 0.493 e. The number of nitrogens with zero attached hydrogens (tertiary/aromatic N) is 1. The highest BCUT2D eigenvalue weighted by Gasteiger charge is 2.20. The van der Waals surface area contributed by atoms with E-state index in [0.717, 1.165) is 36.3 Å². The van der Waals surface area contributed by atoms with Gasteiger partial charge in [-0.2, -0.15) is 0 Å². The number of hydrogen-bond acceptors (Lipinski definition) is 5. The number of carbonyl (C=O) groups is 1. The van der Waals surface area contributed by atoms with Crippen LogP contribution < -0.4 is 15.8 Å². The summed E-state index contributed by atoms with van der Waals surface area (Å²) in [6.07, 6.45) is 3.03. The first kappa shape index (κ1) is 18.7. The maximum atomic E-state index is 12.0. The van der Waals surface area contributed by atoms with Crippen molar-refractivity contribution in [2.45, 2.75) is 38.6 Å². The Hall–Kier alpha value is -1.63. The van der Waals surface area contributed by atoms with Gasteiger partial charge in [0.25, 0.3) is 0 Å². The monoisotopic (exact) mass is 367 g/mol. The summed E-state index contributed by atoms with van der Waals surface area (Å²) in [5.74, 6) is 0.713. The molecule has 1 aliphatic carbocycles. The van der Waals surface area contributed by atoms with E-state index in [2.05, 4.69) is 10.3 Å². The fraction of sp³-hybridized carbons (Fsp3) is 0.412. The third-order valence-electron chi connectivity index (χ3n) is 3.81. The lowest BCUT2D eigenvalue weighted by atomic mass is 9.99. The minimum absolute atomic E-state index is 0. The smallest absolute Gasteiger partial charge is 0.229 e. The van der Waals surface area contributed by atoms with Crippen molar-refractivity contribution >= 4 is 34.8 Å². The maximum absolute atomic E-state index is 12.0. The molecule has 0 bridgehead atoms. The van der Waals surface area contributed by atoms with Crippen LogP contribution in [-0.2, 0) is 17.6 Å². The highest BCUT2D eigenvalue weighted by Crippen LogP contribution is 2.29. The number of halogens is 1. The van der Waals surface area contributed by atoms with Crippen molar-refractivity contribution in [3.63, 3.8) is 0 Å². The van der Waals surface area contributed by atoms with Crippen LogP contribution in [-0.4, -0.2) is 23.5 Å². The van der Waals surface area contributed by atoms with Gasteiger partial charge in [-0.05, 0) is 43.9 Å². The topological polar surface area (TPSA) is 77.2 Å². The quantitative estimate of drug-likeness (QED) is 0.851. The first-order valence-electron chi connectivity index (χ1n) is 7.83. The summed E-state index contributed by atoms with van der Waals surface area (Å²) < 4.78 is 5.60. The molecule has 0 unspecified atom stereocenters. The molecule has 3 rings (SSSR count). The van der Waals surface area contributed by atoms with Crippen LogP contribution in [0.15, 0.2) is 24.3 Å². The molecule has 1 amide bonds. The molecule has 7 heteroatoms. The standard InChI is InChI=1S/C17H21N3O2S.ClH/c1-11-3-2-4-13(9-11)22-8-7-16(21)20-17-19-14-6-5-12(18)10-15(14)23-17;/h2-4,9,12H,5-8,10,18H2,1H3,(H,19,20,21);1H/t12-;/m0./s1. The number of benzene rings is 1. The predicted molar refractivity (Wildman–Crippen MR) is 99.3 cm³/mol. The summed E-state index contributed by atoms with van der Waals surface area (Å²) in [7, 11) is 0. The van der Waals surface area contributed by atoms with E-state index in [0.29, 0.717) is 18.2 Å². The Balaban J connectivity index is 0.00000208. The van der Waals surface area contributed by atoms with Gasteiger partial charge < -0.3 is 15.8 Å². The molecule has 24 heavy (non-hydrogen) atoms. The normalized spacial score (nSPS) is 16.0. The molecule has 5 nitrogen and oxygen atoms in total. The molecule has 0 spiro atoms. The van der Waals surface area contributed by atoms with E-state index < -0.39 is 0 Å². The summed E-state index contributed by atoms with van der Waals surface area (Å²) in [6, 6.07) is 8.01. The van der Waals surface area contributed by atoms with Gasteiger partial charge in [-0.15, -0.1) is 23.7 Å². The lowest BCUT2D eigenvalue weighted by molar-refractivity contribution is -0.116. The number of nitrogens with one attached hydrogen (secondary N) is 1. The van der Waals surface area contributed by atoms with E-state index in [9.17, 15) is 4.79 Å². The van der Waals surface area contributed by atoms with Crippen molar-refractivity contribution in [3.05, 3.63) is 40.4 Å². The van der Waals surface area contributed by atoms with Gasteiger partial charge in [0.15, 0.2) is 5.13 Å². The molecular weight excluding hydrogens is 346 g/mol. The highest BCUT2D eigenvalue weighted by molar-refractivity contribution is 7.15. The summed E-state index contributed by atoms with van der Waals surface area (Å²) in [5.41, 5.74) is 8.19. The Kier molecular flexibility index (Phi) is 6.60. The van der Waals surface area contributed by atoms with Crippen molar-refractivity contribution in [2.75, 3.05) is 11.9 Å². The number of hydrogen-bond donors (Lipinski definition) is 2. The molecule has 1 aromatic carbocycles. The number of anilines is 1. The van der Waals surface area contributed by atoms with Crippen LogP contribution in [0.25, 0.3) is 0 Å². The van der Waals surface area contributed by atoms with Gasteiger partial charge in [-0.25, -0.2) is 4.98 Å². The number of carbonyl (C=O) groups excluding carboxylic acids is 1. The number of ether oxygens (including phenoxy) is 1. The average Bonchev–Trinajstić information content (AvgIpc) is 2.88. The number of nitrogens with two attached hydrogens (primary N) is 1. The Labute approximate surface area is 152 Å². The lowest BCUT2D eigenvalue weighted by Crippen LogP contribution is -2.27. The number of rotatable bonds is 5. The van der Waals surface area contributed by atoms with E-state index in [4.69, 9.17) is 10.5 Å². The van der Waals surface area contributed by atoms with Crippen LogP contribution in [0.3, 0.4) is 0 Å². The minimum Gasteiger partial charge on any atom is -0.493 e. The second-order valence-corrected chi connectivity index (χ2v) is 6.94. The Morgan fingerprint density at radius 1 is 1.50 bits per heavy atom. The van der Waals surface area contributed by atoms with Crippen molar-refractivity contribution in [1.82, 2.24) is 4.98 Å². The zero-order chi connectivity index (χ0) is 16.2. The molecule has 1 aromatic heterocycles. The number of fused-ring (bicyclic) bond motifs is 1. The maximum Gasteiger partial charge on any atom is 0.229 e. The molecule has 1 heterocycles. The molecule has 1 aliphatic rings. The van der Waals surface area contributed by atoms with Gasteiger partial charge in [0.05, 0.1) is 18.7 Å². The molecule has 0 saturated carbocycles. The minimum atomic E-state index is -0.0759. The zero-order valence-electron chi connectivity index (χ0n) is 13.6. The van der Waals surface area contributed by atoms with Crippen LogP contribution in [0.4, 0.5) is 5.13 Å². The van der Waals surface area contributed by atoms with E-state index in [1.165, 1.54) is 16.2 Å². The third-order valence-corrected chi connectivity index (χ3v) is 4.85. The van der Waals surface area contributed by atoms with E-state index in [1.807, 2.05) is 31.2 Å². The third kappa shape index (κ3) is 4.93. The number of aromatic nitrogens is 1. The first-order valence-corrected chi connectivity index (χ1v) is 8.65. The van der Waals surface area contributed by atoms with Gasteiger partial charge in [-0.3, -0.25) is 4.79 Å². The molecule has 0 saturated heterocycles. The fourth-order valence-electron chi connectivity index (χ4n) is 2.60. The highest BCUT2D eigenvalue weighted by atomic mass is 35.5. The van der Waals surface area contributed by atoms with Crippen LogP contribution in [0.1, 0.15) is 29.0 Å². The SMILES string of the molecule is Cc1cccc(OCCC(=O)Nc2nc3c(s2)C[C@@H](N)CC3)c1.Cl. The molecule has 0 fully saturated rings. The van der Waals surface area contributed by atoms with Crippen LogP contribution in [0.5, 0.6) is 5.75 Å². The summed E-state index contributed by atoms with van der Waals surface area (Å²) in [5, 5.41) is 3.53. The first-order chi connectivity index (χ1) is 11.1.